The van der Waals surface area contributed by atoms with E-state index in [0.717, 1.165) is 25.9 Å². The molecule has 1 aliphatic heterocycles. The number of likely N-dealkylation sites (N-methyl/N-ethyl adjacent to an activating group) is 1. The zero-order valence-corrected chi connectivity index (χ0v) is 12.9. The summed E-state index contributed by atoms with van der Waals surface area (Å²) in [5.74, 6) is 0.0881. The second-order valence-electron chi connectivity index (χ2n) is 4.92. The molecule has 1 fully saturated rings. The largest absolute Gasteiger partial charge is 0.459 e. The van der Waals surface area contributed by atoms with Gasteiger partial charge in [0.15, 0.2) is 5.76 Å². The second-order valence-corrected chi connectivity index (χ2v) is 4.92. The Kier molecular flexibility index (Phi) is 7.25. The van der Waals surface area contributed by atoms with E-state index >= 15 is 0 Å². The van der Waals surface area contributed by atoms with Gasteiger partial charge in [0.1, 0.15) is 0 Å². The summed E-state index contributed by atoms with van der Waals surface area (Å²) >= 11 is 0. The second kappa shape index (κ2) is 8.69. The van der Waals surface area contributed by atoms with Crippen LogP contribution in [0.3, 0.4) is 0 Å². The minimum atomic E-state index is -0.281. The van der Waals surface area contributed by atoms with Gasteiger partial charge in [0.05, 0.1) is 6.26 Å². The molecule has 1 atom stereocenters. The predicted octanol–water partition coefficient (Wildman–Crippen LogP) is 1.03. The van der Waals surface area contributed by atoms with Gasteiger partial charge in [-0.1, -0.05) is 0 Å². The fourth-order valence-electron chi connectivity index (χ4n) is 2.53. The van der Waals surface area contributed by atoms with Crippen molar-refractivity contribution >= 4 is 24.2 Å². The van der Waals surface area contributed by atoms with Gasteiger partial charge in [-0.2, -0.15) is 0 Å². The maximum atomic E-state index is 12.1. The molecule has 6 nitrogen and oxygen atoms in total. The summed E-state index contributed by atoms with van der Waals surface area (Å²) in [4.78, 5) is 25.7. The molecule has 2 amide bonds. The summed E-state index contributed by atoms with van der Waals surface area (Å²) in [5, 5.41) is 5.80. The summed E-state index contributed by atoms with van der Waals surface area (Å²) in [7, 11) is 1.89. The number of hydrogen-bond acceptors (Lipinski definition) is 4. The SMILES string of the molecule is CNCC1CCCN1C(=O)CCNC(=O)c1ccco1.Cl. The Balaban J connectivity index is 0.00000220. The lowest BCUT2D eigenvalue weighted by atomic mass is 10.2. The van der Waals surface area contributed by atoms with Crippen LogP contribution in [-0.4, -0.2) is 49.4 Å². The Morgan fingerprint density at radius 3 is 2.95 bits per heavy atom. The van der Waals surface area contributed by atoms with Gasteiger partial charge in [-0.3, -0.25) is 9.59 Å². The molecule has 21 heavy (non-hydrogen) atoms. The fourth-order valence-corrected chi connectivity index (χ4v) is 2.53. The van der Waals surface area contributed by atoms with Gasteiger partial charge >= 0.3 is 0 Å². The molecule has 0 radical (unpaired) electrons. The number of hydrogen-bond donors (Lipinski definition) is 2. The smallest absolute Gasteiger partial charge is 0.286 e. The van der Waals surface area contributed by atoms with Crippen LogP contribution in [0.1, 0.15) is 29.8 Å². The van der Waals surface area contributed by atoms with Crippen LogP contribution in [-0.2, 0) is 4.79 Å². The van der Waals surface area contributed by atoms with Crippen LogP contribution >= 0.6 is 12.4 Å². The first-order valence-electron chi connectivity index (χ1n) is 6.98. The number of amides is 2. The number of likely N-dealkylation sites (tertiary alicyclic amines) is 1. The minimum Gasteiger partial charge on any atom is -0.459 e. The first kappa shape index (κ1) is 17.5. The summed E-state index contributed by atoms with van der Waals surface area (Å²) in [5.41, 5.74) is 0. The molecule has 7 heteroatoms. The highest BCUT2D eigenvalue weighted by atomic mass is 35.5. The zero-order chi connectivity index (χ0) is 14.4. The lowest BCUT2D eigenvalue weighted by molar-refractivity contribution is -0.131. The minimum absolute atomic E-state index is 0. The molecule has 2 N–H and O–H groups in total. The molecule has 1 aromatic rings. The summed E-state index contributed by atoms with van der Waals surface area (Å²) in [6, 6.07) is 3.54. The van der Waals surface area contributed by atoms with Crippen molar-refractivity contribution in [2.75, 3.05) is 26.7 Å². The highest BCUT2D eigenvalue weighted by Gasteiger charge is 2.27. The molecule has 0 saturated carbocycles. The topological polar surface area (TPSA) is 74.6 Å². The molecule has 2 rings (SSSR count). The number of carbonyl (C=O) groups excluding carboxylic acids is 2. The Hall–Kier alpha value is -1.53. The monoisotopic (exact) mass is 315 g/mol. The van der Waals surface area contributed by atoms with Crippen molar-refractivity contribution in [3.8, 4) is 0 Å². The van der Waals surface area contributed by atoms with Crippen LogP contribution in [0.5, 0.6) is 0 Å². The molecular formula is C14H22ClN3O3. The van der Waals surface area contributed by atoms with Crippen molar-refractivity contribution in [3.05, 3.63) is 24.2 Å². The van der Waals surface area contributed by atoms with Crippen LogP contribution in [0.4, 0.5) is 0 Å². The van der Waals surface area contributed by atoms with E-state index in [0.29, 0.717) is 13.0 Å². The van der Waals surface area contributed by atoms with Crippen LogP contribution in [0, 0.1) is 0 Å². The highest BCUT2D eigenvalue weighted by Crippen LogP contribution is 2.17. The first-order chi connectivity index (χ1) is 9.72. The molecule has 1 saturated heterocycles. The average molecular weight is 316 g/mol. The molecular weight excluding hydrogens is 294 g/mol. The van der Waals surface area contributed by atoms with Gasteiger partial charge in [-0.15, -0.1) is 12.4 Å². The number of furan rings is 1. The van der Waals surface area contributed by atoms with Crippen molar-refractivity contribution < 1.29 is 14.0 Å². The molecule has 118 valence electrons. The maximum absolute atomic E-state index is 12.1. The lowest BCUT2D eigenvalue weighted by Gasteiger charge is -2.24. The Bertz CT molecular complexity index is 450. The van der Waals surface area contributed by atoms with E-state index in [1.165, 1.54) is 6.26 Å². The van der Waals surface area contributed by atoms with Crippen LogP contribution < -0.4 is 10.6 Å². The van der Waals surface area contributed by atoms with Crippen LogP contribution in [0.15, 0.2) is 22.8 Å². The third-order valence-electron chi connectivity index (χ3n) is 3.51. The van der Waals surface area contributed by atoms with E-state index in [-0.39, 0.29) is 36.0 Å². The van der Waals surface area contributed by atoms with Gasteiger partial charge in [-0.05, 0) is 32.0 Å². The van der Waals surface area contributed by atoms with Gasteiger partial charge in [0, 0.05) is 32.1 Å². The fraction of sp³-hybridized carbons (Fsp3) is 0.571. The van der Waals surface area contributed by atoms with Gasteiger partial charge in [-0.25, -0.2) is 0 Å². The number of nitrogens with zero attached hydrogens (tertiary/aromatic N) is 1. The van der Waals surface area contributed by atoms with E-state index in [2.05, 4.69) is 10.6 Å². The highest BCUT2D eigenvalue weighted by molar-refractivity contribution is 5.91. The number of rotatable bonds is 6. The molecule has 1 unspecified atom stereocenters. The Labute approximate surface area is 130 Å². The average Bonchev–Trinajstić information content (AvgIpc) is 3.10. The van der Waals surface area contributed by atoms with E-state index in [4.69, 9.17) is 4.42 Å². The quantitative estimate of drug-likeness (QED) is 0.822. The van der Waals surface area contributed by atoms with E-state index in [9.17, 15) is 9.59 Å². The van der Waals surface area contributed by atoms with Crippen molar-refractivity contribution in [1.82, 2.24) is 15.5 Å². The lowest BCUT2D eigenvalue weighted by Crippen LogP contribution is -2.42. The van der Waals surface area contributed by atoms with Gasteiger partial charge < -0.3 is 20.0 Å². The summed E-state index contributed by atoms with van der Waals surface area (Å²) in [6.07, 6.45) is 3.88. The van der Waals surface area contributed by atoms with Crippen LogP contribution in [0.25, 0.3) is 0 Å². The number of carbonyl (C=O) groups is 2. The summed E-state index contributed by atoms with van der Waals surface area (Å²) < 4.78 is 4.99. The first-order valence-corrected chi connectivity index (χ1v) is 6.98. The number of halogens is 1. The normalized spacial score (nSPS) is 17.4. The molecule has 0 spiro atoms. The molecule has 0 aliphatic carbocycles. The predicted molar refractivity (Wildman–Crippen MR) is 81.6 cm³/mol. The molecule has 0 bridgehead atoms. The Morgan fingerprint density at radius 1 is 1.48 bits per heavy atom. The molecule has 0 aromatic carbocycles. The van der Waals surface area contributed by atoms with E-state index in [1.54, 1.807) is 12.1 Å². The van der Waals surface area contributed by atoms with Crippen molar-refractivity contribution in [1.29, 1.82) is 0 Å². The third kappa shape index (κ3) is 4.75. The summed E-state index contributed by atoms with van der Waals surface area (Å²) in [6.45, 7) is 1.98. The zero-order valence-electron chi connectivity index (χ0n) is 12.1. The molecule has 1 aromatic heterocycles. The van der Waals surface area contributed by atoms with Crippen LogP contribution in [0.2, 0.25) is 0 Å². The van der Waals surface area contributed by atoms with Crippen molar-refractivity contribution in [3.63, 3.8) is 0 Å². The third-order valence-corrected chi connectivity index (χ3v) is 3.51. The Morgan fingerprint density at radius 2 is 2.29 bits per heavy atom. The van der Waals surface area contributed by atoms with Gasteiger partial charge in [0.2, 0.25) is 5.91 Å². The van der Waals surface area contributed by atoms with Crippen molar-refractivity contribution in [2.45, 2.75) is 25.3 Å². The van der Waals surface area contributed by atoms with E-state index in [1.807, 2.05) is 11.9 Å². The maximum Gasteiger partial charge on any atom is 0.286 e. The van der Waals surface area contributed by atoms with Gasteiger partial charge in [0.25, 0.3) is 5.91 Å². The standard InChI is InChI=1S/C14H21N3O3.ClH/c1-15-10-11-4-2-8-17(11)13(18)6-7-16-14(19)12-5-3-9-20-12;/h3,5,9,11,15H,2,4,6-8,10H2,1H3,(H,16,19);1H. The number of nitrogens with one attached hydrogen (secondary N) is 2. The molecule has 1 aliphatic rings. The van der Waals surface area contributed by atoms with Crippen molar-refractivity contribution in [2.24, 2.45) is 0 Å². The van der Waals surface area contributed by atoms with E-state index < -0.39 is 0 Å². The molecule has 2 heterocycles.